The predicted molar refractivity (Wildman–Crippen MR) is 64.3 cm³/mol. The van der Waals surface area contributed by atoms with Gasteiger partial charge in [-0.3, -0.25) is 9.00 Å². The molecule has 82 valence electrons. The second-order valence-electron chi connectivity index (χ2n) is 5.27. The molecule has 0 aromatic heterocycles. The molecule has 0 aromatic rings. The summed E-state index contributed by atoms with van der Waals surface area (Å²) in [5.74, 6) is 0.184. The van der Waals surface area contributed by atoms with E-state index in [1.54, 1.807) is 23.1 Å². The first-order valence-electron chi connectivity index (χ1n) is 5.08. The number of hydrogen-bond donors (Lipinski definition) is 0. The van der Waals surface area contributed by atoms with Crippen LogP contribution in [0.25, 0.3) is 0 Å². The maximum atomic E-state index is 11.9. The minimum Gasteiger partial charge on any atom is -0.294 e. The second-order valence-corrected chi connectivity index (χ2v) is 7.71. The summed E-state index contributed by atoms with van der Waals surface area (Å²) in [5.41, 5.74) is 1.76. The molecule has 2 rings (SSSR count). The Kier molecular flexibility index (Phi) is 2.19. The van der Waals surface area contributed by atoms with Crippen molar-refractivity contribution in [3.05, 3.63) is 22.6 Å². The Labute approximate surface area is 91.1 Å². The van der Waals surface area contributed by atoms with Crippen LogP contribution in [0, 0.1) is 5.41 Å². The number of carbonyl (C=O) groups is 1. The maximum Gasteiger partial charge on any atom is 0.163 e. The molecule has 1 unspecified atom stereocenters. The summed E-state index contributed by atoms with van der Waals surface area (Å²) in [7, 11) is -1.99. The Hall–Kier alpha value is -0.830. The van der Waals surface area contributed by atoms with E-state index < -0.39 is 9.52 Å². The molecule has 0 N–H and O–H groups in total. The van der Waals surface area contributed by atoms with Crippen molar-refractivity contribution >= 4 is 20.7 Å². The molecule has 3 heteroatoms. The number of rotatable bonds is 0. The lowest BCUT2D eigenvalue weighted by Crippen LogP contribution is -2.28. The Bertz CT molecular complexity index is 498. The maximum absolute atomic E-state index is 11.9. The zero-order valence-corrected chi connectivity index (χ0v) is 10.2. The zero-order chi connectivity index (χ0) is 11.3. The van der Waals surface area contributed by atoms with E-state index in [-0.39, 0.29) is 11.2 Å². The van der Waals surface area contributed by atoms with E-state index in [0.717, 1.165) is 17.6 Å². The van der Waals surface area contributed by atoms with Gasteiger partial charge in [0, 0.05) is 18.2 Å². The van der Waals surface area contributed by atoms with Crippen LogP contribution in [0.2, 0.25) is 0 Å². The van der Waals surface area contributed by atoms with Gasteiger partial charge in [0.05, 0.1) is 0 Å². The van der Waals surface area contributed by atoms with Crippen LogP contribution >= 0.6 is 0 Å². The van der Waals surface area contributed by atoms with Crippen molar-refractivity contribution < 1.29 is 9.00 Å². The molecule has 0 amide bonds. The van der Waals surface area contributed by atoms with Gasteiger partial charge in [-0.25, -0.2) is 0 Å². The van der Waals surface area contributed by atoms with Crippen LogP contribution in [0.3, 0.4) is 0 Å². The number of allylic oxidation sites excluding steroid dienone is 3. The number of ketones is 1. The van der Waals surface area contributed by atoms with Crippen LogP contribution in [-0.2, 0) is 14.3 Å². The van der Waals surface area contributed by atoms with Crippen LogP contribution in [-0.4, -0.2) is 21.6 Å². The normalized spacial score (nSPS) is 33.7. The number of Topliss-reactive ketones (excluding diaryl/α,β-unsaturated/α-hetero) is 1. The summed E-state index contributed by atoms with van der Waals surface area (Å²) in [6.45, 7) is 4.16. The van der Waals surface area contributed by atoms with Crippen molar-refractivity contribution in [2.45, 2.75) is 26.7 Å². The fourth-order valence-corrected chi connectivity index (χ4v) is 3.47. The van der Waals surface area contributed by atoms with Crippen LogP contribution in [0.4, 0.5) is 0 Å². The van der Waals surface area contributed by atoms with Gasteiger partial charge in [-0.1, -0.05) is 13.8 Å². The highest BCUT2D eigenvalue weighted by Gasteiger charge is 2.33. The van der Waals surface area contributed by atoms with Gasteiger partial charge in [-0.2, -0.15) is 0 Å². The molecule has 2 nitrogen and oxygen atoms in total. The molecule has 1 fully saturated rings. The van der Waals surface area contributed by atoms with E-state index in [9.17, 15) is 9.00 Å². The topological polar surface area (TPSA) is 34.1 Å². The summed E-state index contributed by atoms with van der Waals surface area (Å²) >= 11 is 0. The smallest absolute Gasteiger partial charge is 0.163 e. The minimum absolute atomic E-state index is 0.00706. The van der Waals surface area contributed by atoms with Gasteiger partial charge in [-0.05, 0) is 43.8 Å². The summed E-state index contributed by atoms with van der Waals surface area (Å²) in [6, 6.07) is 0. The van der Waals surface area contributed by atoms with E-state index in [2.05, 4.69) is 13.8 Å². The van der Waals surface area contributed by atoms with Crippen LogP contribution in [0.5, 0.6) is 0 Å². The molecular weight excluding hydrogens is 208 g/mol. The molecule has 1 saturated carbocycles. The molecule has 0 bridgehead atoms. The van der Waals surface area contributed by atoms with Crippen molar-refractivity contribution in [3.8, 4) is 0 Å². The highest BCUT2D eigenvalue weighted by molar-refractivity contribution is 8.03. The summed E-state index contributed by atoms with van der Waals surface area (Å²) in [6.07, 6.45) is 4.90. The van der Waals surface area contributed by atoms with Crippen molar-refractivity contribution in [2.75, 3.05) is 6.26 Å². The molecule has 1 aliphatic heterocycles. The fourth-order valence-electron chi connectivity index (χ4n) is 2.21. The van der Waals surface area contributed by atoms with Crippen LogP contribution < -0.4 is 0 Å². The molecule has 1 atom stereocenters. The van der Waals surface area contributed by atoms with Gasteiger partial charge in [-0.15, -0.1) is 0 Å². The molecule has 2 aliphatic rings. The Morgan fingerprint density at radius 2 is 2.00 bits per heavy atom. The highest BCUT2D eigenvalue weighted by atomic mass is 32.2. The lowest BCUT2D eigenvalue weighted by Gasteiger charge is -2.32. The van der Waals surface area contributed by atoms with Gasteiger partial charge in [0.2, 0.25) is 0 Å². The molecular formula is C12H16O2S. The number of hydrogen-bond acceptors (Lipinski definition) is 2. The van der Waals surface area contributed by atoms with Gasteiger partial charge in [0.15, 0.2) is 5.78 Å². The van der Waals surface area contributed by atoms with Gasteiger partial charge in [0.25, 0.3) is 0 Å². The van der Waals surface area contributed by atoms with E-state index in [0.29, 0.717) is 6.42 Å². The molecule has 15 heavy (non-hydrogen) atoms. The van der Waals surface area contributed by atoms with E-state index in [1.165, 1.54) is 0 Å². The Balaban J connectivity index is 2.52. The first kappa shape index (κ1) is 10.7. The molecule has 0 spiro atoms. The number of fused-ring (bicyclic) bond motifs is 1. The third kappa shape index (κ3) is 2.07. The molecule has 0 radical (unpaired) electrons. The van der Waals surface area contributed by atoms with Gasteiger partial charge >= 0.3 is 0 Å². The van der Waals surface area contributed by atoms with Gasteiger partial charge in [0.1, 0.15) is 0 Å². The first-order chi connectivity index (χ1) is 6.79. The zero-order valence-electron chi connectivity index (χ0n) is 9.37. The van der Waals surface area contributed by atoms with Crippen molar-refractivity contribution in [1.29, 1.82) is 0 Å². The van der Waals surface area contributed by atoms with Crippen molar-refractivity contribution in [1.82, 2.24) is 0 Å². The second kappa shape index (κ2) is 3.08. The Morgan fingerprint density at radius 1 is 1.33 bits per heavy atom. The lowest BCUT2D eigenvalue weighted by atomic mass is 9.72. The third-order valence-electron chi connectivity index (χ3n) is 2.84. The largest absolute Gasteiger partial charge is 0.294 e. The quantitative estimate of drug-likeness (QED) is 0.589. The molecule has 0 aromatic carbocycles. The lowest BCUT2D eigenvalue weighted by molar-refractivity contribution is -0.117. The average molecular weight is 224 g/mol. The van der Waals surface area contributed by atoms with Gasteiger partial charge < -0.3 is 0 Å². The standard InChI is InChI=1S/C12H16O2S/c1-12(2)6-9-8-15(3,14)5-4-10(9)11(13)7-12/h4-5,8H,6-7H2,1-3H3. The van der Waals surface area contributed by atoms with E-state index in [4.69, 9.17) is 0 Å². The SMILES string of the molecule is CC1(C)CC(=O)C2=CC=S(C)(=O)C=C2C1. The summed E-state index contributed by atoms with van der Waals surface area (Å²) < 4.78 is 11.9. The highest BCUT2D eigenvalue weighted by Crippen LogP contribution is 2.40. The van der Waals surface area contributed by atoms with Crippen LogP contribution in [0.15, 0.2) is 22.6 Å². The van der Waals surface area contributed by atoms with Crippen LogP contribution in [0.1, 0.15) is 26.7 Å². The van der Waals surface area contributed by atoms with Crippen molar-refractivity contribution in [2.24, 2.45) is 5.41 Å². The first-order valence-corrected chi connectivity index (χ1v) is 7.17. The molecule has 1 aliphatic carbocycles. The van der Waals surface area contributed by atoms with E-state index in [1.807, 2.05) is 0 Å². The molecule has 0 saturated heterocycles. The Morgan fingerprint density at radius 3 is 2.67 bits per heavy atom. The van der Waals surface area contributed by atoms with E-state index >= 15 is 0 Å². The number of carbonyl (C=O) groups excluding carboxylic acids is 1. The third-order valence-corrected chi connectivity index (χ3v) is 4.26. The summed E-state index contributed by atoms with van der Waals surface area (Å²) in [4.78, 5) is 11.8. The minimum atomic E-state index is -1.99. The van der Waals surface area contributed by atoms with Crippen molar-refractivity contribution in [3.63, 3.8) is 0 Å². The fraction of sp³-hybridized carbons (Fsp3) is 0.500. The summed E-state index contributed by atoms with van der Waals surface area (Å²) in [5, 5.41) is 3.43. The monoisotopic (exact) mass is 224 g/mol. The average Bonchev–Trinajstić information content (AvgIpc) is 1.97. The molecule has 1 heterocycles. The predicted octanol–water partition coefficient (Wildman–Crippen LogP) is 1.92.